The fraction of sp³-hybridized carbons (Fsp3) is 0.286. The molecule has 1 unspecified atom stereocenters. The number of carbonyl (C=O) groups excluding carboxylic acids is 2. The van der Waals surface area contributed by atoms with Crippen molar-refractivity contribution >= 4 is 17.5 Å². The van der Waals surface area contributed by atoms with Crippen LogP contribution in [0.5, 0.6) is 0 Å². The number of nitrogens with one attached hydrogen (secondary N) is 2. The molecule has 0 saturated carbocycles. The Morgan fingerprint density at radius 1 is 0.962 bits per heavy atom. The second-order valence-corrected chi connectivity index (χ2v) is 6.55. The van der Waals surface area contributed by atoms with Gasteiger partial charge in [0.25, 0.3) is 11.8 Å². The van der Waals surface area contributed by atoms with Gasteiger partial charge in [0.1, 0.15) is 6.04 Å². The van der Waals surface area contributed by atoms with Gasteiger partial charge in [-0.15, -0.1) is 0 Å². The fourth-order valence-corrected chi connectivity index (χ4v) is 2.50. The molecule has 5 heteroatoms. The zero-order valence-electron chi connectivity index (χ0n) is 15.4. The lowest BCUT2D eigenvalue weighted by Crippen LogP contribution is -2.48. The van der Waals surface area contributed by atoms with Gasteiger partial charge >= 0.3 is 0 Å². The Labute approximate surface area is 154 Å². The molecule has 26 heavy (non-hydrogen) atoms. The first kappa shape index (κ1) is 19.4. The number of carbonyl (C=O) groups is 2. The van der Waals surface area contributed by atoms with Gasteiger partial charge in [0.2, 0.25) is 0 Å². The minimum absolute atomic E-state index is 0.0627. The largest absolute Gasteiger partial charge is 0.340 e. The van der Waals surface area contributed by atoms with E-state index >= 15 is 0 Å². The summed E-state index contributed by atoms with van der Waals surface area (Å²) in [6, 6.07) is 18.1. The number of hydrogen-bond donors (Lipinski definition) is 2. The average molecular weight is 351 g/mol. The van der Waals surface area contributed by atoms with Crippen molar-refractivity contribution in [1.82, 2.24) is 10.7 Å². The maximum absolute atomic E-state index is 12.5. The Balaban J connectivity index is 1.97. The van der Waals surface area contributed by atoms with Crippen molar-refractivity contribution in [1.29, 1.82) is 0 Å². The van der Waals surface area contributed by atoms with Gasteiger partial charge in [-0.2, -0.15) is 5.10 Å². The number of hydrazone groups is 1. The Hall–Kier alpha value is -2.95. The first-order chi connectivity index (χ1) is 12.5. The molecule has 0 aliphatic rings. The summed E-state index contributed by atoms with van der Waals surface area (Å²) in [6.07, 6.45) is 0.657. The first-order valence-corrected chi connectivity index (χ1v) is 8.70. The van der Waals surface area contributed by atoms with Gasteiger partial charge in [-0.3, -0.25) is 9.59 Å². The van der Waals surface area contributed by atoms with E-state index in [4.69, 9.17) is 0 Å². The molecule has 5 nitrogen and oxygen atoms in total. The second-order valence-electron chi connectivity index (χ2n) is 6.55. The SMILES string of the molecule is CC(Cc1ccccc1)=NNC(=O)C(NC(=O)c1ccccc1)C(C)C. The van der Waals surface area contributed by atoms with Crippen LogP contribution in [-0.4, -0.2) is 23.6 Å². The molecule has 0 spiro atoms. The zero-order chi connectivity index (χ0) is 18.9. The summed E-state index contributed by atoms with van der Waals surface area (Å²) in [4.78, 5) is 24.8. The van der Waals surface area contributed by atoms with Crippen LogP contribution in [0.15, 0.2) is 65.8 Å². The van der Waals surface area contributed by atoms with E-state index in [9.17, 15) is 9.59 Å². The molecule has 0 aliphatic heterocycles. The van der Waals surface area contributed by atoms with Gasteiger partial charge in [0.05, 0.1) is 0 Å². The van der Waals surface area contributed by atoms with Crippen molar-refractivity contribution in [3.63, 3.8) is 0 Å². The molecule has 0 aliphatic carbocycles. The van der Waals surface area contributed by atoms with Gasteiger partial charge in [-0.05, 0) is 30.5 Å². The summed E-state index contributed by atoms with van der Waals surface area (Å²) in [7, 11) is 0. The summed E-state index contributed by atoms with van der Waals surface area (Å²) in [5.74, 6) is -0.659. The van der Waals surface area contributed by atoms with Crippen molar-refractivity contribution < 1.29 is 9.59 Å². The van der Waals surface area contributed by atoms with Crippen LogP contribution in [0.3, 0.4) is 0 Å². The Bertz CT molecular complexity index is 755. The summed E-state index contributed by atoms with van der Waals surface area (Å²) < 4.78 is 0. The highest BCUT2D eigenvalue weighted by atomic mass is 16.2. The number of benzene rings is 2. The summed E-state index contributed by atoms with van der Waals surface area (Å²) in [6.45, 7) is 5.63. The quantitative estimate of drug-likeness (QED) is 0.594. The Morgan fingerprint density at radius 3 is 2.12 bits per heavy atom. The number of nitrogens with zero attached hydrogens (tertiary/aromatic N) is 1. The van der Waals surface area contributed by atoms with Gasteiger partial charge in [-0.25, -0.2) is 5.43 Å². The molecule has 0 saturated heterocycles. The summed E-state index contributed by atoms with van der Waals surface area (Å²) in [5.41, 5.74) is 5.02. The lowest BCUT2D eigenvalue weighted by atomic mass is 10.0. The summed E-state index contributed by atoms with van der Waals surface area (Å²) in [5, 5.41) is 6.95. The van der Waals surface area contributed by atoms with E-state index in [0.29, 0.717) is 12.0 Å². The monoisotopic (exact) mass is 351 g/mol. The van der Waals surface area contributed by atoms with Crippen molar-refractivity contribution in [2.45, 2.75) is 33.2 Å². The van der Waals surface area contributed by atoms with Crippen LogP contribution in [0.4, 0.5) is 0 Å². The normalized spacial score (nSPS) is 12.5. The van der Waals surface area contributed by atoms with E-state index in [2.05, 4.69) is 15.8 Å². The van der Waals surface area contributed by atoms with Gasteiger partial charge in [0.15, 0.2) is 0 Å². The van der Waals surface area contributed by atoms with Gasteiger partial charge < -0.3 is 5.32 Å². The highest BCUT2D eigenvalue weighted by Crippen LogP contribution is 2.06. The van der Waals surface area contributed by atoms with E-state index in [1.807, 2.05) is 57.2 Å². The average Bonchev–Trinajstić information content (AvgIpc) is 2.65. The highest BCUT2D eigenvalue weighted by molar-refractivity contribution is 5.97. The smallest absolute Gasteiger partial charge is 0.262 e. The van der Waals surface area contributed by atoms with Crippen molar-refractivity contribution in [2.24, 2.45) is 11.0 Å². The van der Waals surface area contributed by atoms with Crippen LogP contribution in [0, 0.1) is 5.92 Å². The maximum Gasteiger partial charge on any atom is 0.262 e. The lowest BCUT2D eigenvalue weighted by Gasteiger charge is -2.20. The molecule has 0 bridgehead atoms. The molecule has 0 aromatic heterocycles. The van der Waals surface area contributed by atoms with Crippen LogP contribution in [0.25, 0.3) is 0 Å². The third-order valence-corrected chi connectivity index (χ3v) is 3.93. The molecule has 2 aromatic carbocycles. The maximum atomic E-state index is 12.5. The molecular weight excluding hydrogens is 326 g/mol. The fourth-order valence-electron chi connectivity index (χ4n) is 2.50. The number of rotatable bonds is 7. The third kappa shape index (κ3) is 5.84. The molecule has 2 amide bonds. The van der Waals surface area contributed by atoms with Crippen molar-refractivity contribution in [3.8, 4) is 0 Å². The predicted octanol–water partition coefficient (Wildman–Crippen LogP) is 3.18. The molecule has 136 valence electrons. The molecule has 2 rings (SSSR count). The van der Waals surface area contributed by atoms with Gasteiger partial charge in [0, 0.05) is 17.7 Å². The topological polar surface area (TPSA) is 70.6 Å². The molecule has 2 N–H and O–H groups in total. The van der Waals surface area contributed by atoms with E-state index in [1.54, 1.807) is 24.3 Å². The first-order valence-electron chi connectivity index (χ1n) is 8.70. The number of amides is 2. The molecule has 0 radical (unpaired) electrons. The Kier molecular flexibility index (Phi) is 7.09. The summed E-state index contributed by atoms with van der Waals surface area (Å²) >= 11 is 0. The van der Waals surface area contributed by atoms with Crippen molar-refractivity contribution in [2.75, 3.05) is 0 Å². The molecule has 1 atom stereocenters. The number of hydrogen-bond acceptors (Lipinski definition) is 3. The standard InChI is InChI=1S/C21H25N3O2/c1-15(2)19(22-20(25)18-12-8-5-9-13-18)21(26)24-23-16(3)14-17-10-6-4-7-11-17/h4-13,15,19H,14H2,1-3H3,(H,22,25)(H,24,26). The van der Waals surface area contributed by atoms with Crippen LogP contribution >= 0.6 is 0 Å². The minimum atomic E-state index is -0.656. The van der Waals surface area contributed by atoms with E-state index in [-0.39, 0.29) is 17.7 Å². The van der Waals surface area contributed by atoms with Crippen LogP contribution < -0.4 is 10.7 Å². The molecule has 2 aromatic rings. The van der Waals surface area contributed by atoms with Crippen LogP contribution in [0.2, 0.25) is 0 Å². The predicted molar refractivity (Wildman–Crippen MR) is 104 cm³/mol. The van der Waals surface area contributed by atoms with E-state index in [1.165, 1.54) is 0 Å². The zero-order valence-corrected chi connectivity index (χ0v) is 15.4. The molecular formula is C21H25N3O2. The second kappa shape index (κ2) is 9.51. The van der Waals surface area contributed by atoms with Gasteiger partial charge in [-0.1, -0.05) is 62.4 Å². The van der Waals surface area contributed by atoms with E-state index < -0.39 is 6.04 Å². The minimum Gasteiger partial charge on any atom is -0.340 e. The van der Waals surface area contributed by atoms with Crippen molar-refractivity contribution in [3.05, 3.63) is 71.8 Å². The molecule has 0 heterocycles. The van der Waals surface area contributed by atoms with Crippen LogP contribution in [0.1, 0.15) is 36.7 Å². The lowest BCUT2D eigenvalue weighted by molar-refractivity contribution is -0.123. The molecule has 0 fully saturated rings. The Morgan fingerprint density at radius 2 is 1.54 bits per heavy atom. The highest BCUT2D eigenvalue weighted by Gasteiger charge is 2.24. The van der Waals surface area contributed by atoms with Crippen LogP contribution in [-0.2, 0) is 11.2 Å². The van der Waals surface area contributed by atoms with E-state index in [0.717, 1.165) is 11.3 Å². The third-order valence-electron chi connectivity index (χ3n) is 3.93.